The largest absolute Gasteiger partial charge is 0.493 e. The van der Waals surface area contributed by atoms with E-state index in [1.54, 1.807) is 42.5 Å². The summed E-state index contributed by atoms with van der Waals surface area (Å²) in [5.74, 6) is 10.7. The molecule has 0 saturated carbocycles. The number of benzene rings is 2. The summed E-state index contributed by atoms with van der Waals surface area (Å²) < 4.78 is 10.9. The van der Waals surface area contributed by atoms with Crippen LogP contribution in [-0.2, 0) is 9.63 Å². The number of nitrogens with two attached hydrogens (primary N) is 1. The van der Waals surface area contributed by atoms with Crippen LogP contribution in [0.1, 0.15) is 29.3 Å². The number of hydrogen-bond donors (Lipinski definition) is 2. The van der Waals surface area contributed by atoms with Crippen LogP contribution >= 0.6 is 0 Å². The zero-order valence-electron chi connectivity index (χ0n) is 16.2. The summed E-state index contributed by atoms with van der Waals surface area (Å²) in [6, 6.07) is 11.7. The topological polar surface area (TPSA) is 99.9 Å². The van der Waals surface area contributed by atoms with Gasteiger partial charge >= 0.3 is 5.97 Å². The molecule has 0 aliphatic heterocycles. The fourth-order valence-corrected chi connectivity index (χ4v) is 2.38. The number of para-hydroxylation sites is 1. The van der Waals surface area contributed by atoms with Crippen LogP contribution in [-0.4, -0.2) is 25.6 Å². The van der Waals surface area contributed by atoms with Crippen molar-refractivity contribution in [2.75, 3.05) is 19.0 Å². The van der Waals surface area contributed by atoms with Crippen LogP contribution in [0.25, 0.3) is 6.08 Å². The molecule has 150 valence electrons. The summed E-state index contributed by atoms with van der Waals surface area (Å²) in [5.41, 5.74) is 1.19. The summed E-state index contributed by atoms with van der Waals surface area (Å²) >= 11 is 0. The van der Waals surface area contributed by atoms with Gasteiger partial charge in [0.15, 0.2) is 11.5 Å². The van der Waals surface area contributed by atoms with E-state index in [1.807, 2.05) is 6.92 Å². The van der Waals surface area contributed by atoms with Crippen molar-refractivity contribution < 1.29 is 23.9 Å². The zero-order chi connectivity index (χ0) is 21.1. The maximum absolute atomic E-state index is 12.2. The Bertz CT molecular complexity index is 957. The Balaban J connectivity index is 2.08. The van der Waals surface area contributed by atoms with E-state index in [1.165, 1.54) is 19.3 Å². The summed E-state index contributed by atoms with van der Waals surface area (Å²) in [6.07, 6.45) is 3.72. The predicted octanol–water partition coefficient (Wildman–Crippen LogP) is 3.17. The lowest BCUT2D eigenvalue weighted by atomic mass is 10.1. The lowest BCUT2D eigenvalue weighted by molar-refractivity contribution is -0.111. The number of methoxy groups -OCH3 is 1. The van der Waals surface area contributed by atoms with Crippen molar-refractivity contribution in [3.63, 3.8) is 0 Å². The van der Waals surface area contributed by atoms with Gasteiger partial charge in [0.2, 0.25) is 5.91 Å². The number of hydrogen-bond acceptors (Lipinski definition) is 6. The molecule has 0 aliphatic rings. The second-order valence-electron chi connectivity index (χ2n) is 5.68. The minimum atomic E-state index is -0.742. The van der Waals surface area contributed by atoms with E-state index in [-0.39, 0.29) is 12.2 Å². The molecule has 2 aromatic rings. The molecule has 1 amide bonds. The maximum atomic E-state index is 12.2. The fourth-order valence-electron chi connectivity index (χ4n) is 2.38. The highest BCUT2D eigenvalue weighted by Gasteiger charge is 2.12. The van der Waals surface area contributed by atoms with Gasteiger partial charge in [0.25, 0.3) is 0 Å². The molecule has 0 heterocycles. The molecule has 29 heavy (non-hydrogen) atoms. The number of carbonyl (C=O) groups excluding carboxylic acids is 2. The Morgan fingerprint density at radius 3 is 2.66 bits per heavy atom. The molecule has 2 rings (SSSR count). The third-order valence-electron chi connectivity index (χ3n) is 3.73. The molecule has 0 spiro atoms. The second kappa shape index (κ2) is 11.2. The van der Waals surface area contributed by atoms with Crippen LogP contribution in [0.2, 0.25) is 0 Å². The van der Waals surface area contributed by atoms with Crippen molar-refractivity contribution in [1.82, 2.24) is 0 Å². The third-order valence-corrected chi connectivity index (χ3v) is 3.73. The number of anilines is 1. The average molecular weight is 394 g/mol. The standard InChI is InChI=1S/C22H22N2O5/c1-3-4-7-14-28-19-12-10-16(15-20(19)27-2)11-13-21(25)24-18-9-6-5-8-17(18)22(26)29-23/h5-6,8-13,15H,3,14,23H2,1-2H3,(H,24,25)/b13-11+. The Morgan fingerprint density at radius 1 is 1.14 bits per heavy atom. The van der Waals surface area contributed by atoms with Gasteiger partial charge in [0.05, 0.1) is 18.4 Å². The number of carbonyl (C=O) groups is 2. The Labute approximate surface area is 169 Å². The van der Waals surface area contributed by atoms with Crippen molar-refractivity contribution in [2.24, 2.45) is 5.90 Å². The van der Waals surface area contributed by atoms with E-state index in [0.717, 1.165) is 12.0 Å². The van der Waals surface area contributed by atoms with Crippen LogP contribution in [0.15, 0.2) is 48.5 Å². The quantitative estimate of drug-likeness (QED) is 0.425. The van der Waals surface area contributed by atoms with E-state index < -0.39 is 11.9 Å². The first-order valence-corrected chi connectivity index (χ1v) is 8.84. The summed E-state index contributed by atoms with van der Waals surface area (Å²) in [5, 5.41) is 2.62. The number of ether oxygens (including phenoxy) is 2. The molecular formula is C22H22N2O5. The molecule has 7 nitrogen and oxygen atoms in total. The van der Waals surface area contributed by atoms with E-state index in [0.29, 0.717) is 17.2 Å². The van der Waals surface area contributed by atoms with Crippen molar-refractivity contribution in [2.45, 2.75) is 13.3 Å². The summed E-state index contributed by atoms with van der Waals surface area (Å²) in [7, 11) is 1.54. The average Bonchev–Trinajstić information content (AvgIpc) is 2.75. The highest BCUT2D eigenvalue weighted by molar-refractivity contribution is 6.06. The predicted molar refractivity (Wildman–Crippen MR) is 110 cm³/mol. The molecule has 0 radical (unpaired) electrons. The van der Waals surface area contributed by atoms with Crippen LogP contribution in [0.4, 0.5) is 5.69 Å². The summed E-state index contributed by atoms with van der Waals surface area (Å²) in [4.78, 5) is 28.1. The lowest BCUT2D eigenvalue weighted by Gasteiger charge is -2.09. The molecule has 7 heteroatoms. The molecule has 0 atom stereocenters. The normalized spacial score (nSPS) is 10.0. The van der Waals surface area contributed by atoms with E-state index >= 15 is 0 Å². The second-order valence-corrected chi connectivity index (χ2v) is 5.68. The lowest BCUT2D eigenvalue weighted by Crippen LogP contribution is -2.15. The third kappa shape index (κ3) is 6.41. The van der Waals surface area contributed by atoms with Gasteiger partial charge in [-0.05, 0) is 35.9 Å². The van der Waals surface area contributed by atoms with Gasteiger partial charge in [-0.25, -0.2) is 4.79 Å². The number of rotatable bonds is 7. The van der Waals surface area contributed by atoms with E-state index in [2.05, 4.69) is 22.0 Å². The highest BCUT2D eigenvalue weighted by atomic mass is 16.7. The molecule has 0 aromatic heterocycles. The first-order chi connectivity index (χ1) is 14.1. The van der Waals surface area contributed by atoms with Crippen molar-refractivity contribution >= 4 is 23.6 Å². The Kier molecular flexibility index (Phi) is 8.29. The summed E-state index contributed by atoms with van der Waals surface area (Å²) in [6.45, 7) is 2.24. The minimum Gasteiger partial charge on any atom is -0.493 e. The van der Waals surface area contributed by atoms with Crippen molar-refractivity contribution in [3.05, 3.63) is 59.7 Å². The molecule has 2 aromatic carbocycles. The first kappa shape index (κ1) is 21.5. The fraction of sp³-hybridized carbons (Fsp3) is 0.182. The van der Waals surface area contributed by atoms with Gasteiger partial charge in [-0.2, -0.15) is 5.90 Å². The molecule has 3 N–H and O–H groups in total. The maximum Gasteiger partial charge on any atom is 0.358 e. The Morgan fingerprint density at radius 2 is 1.93 bits per heavy atom. The van der Waals surface area contributed by atoms with Gasteiger partial charge < -0.3 is 19.6 Å². The minimum absolute atomic E-state index is 0.158. The van der Waals surface area contributed by atoms with Gasteiger partial charge in [0, 0.05) is 12.5 Å². The SMILES string of the molecule is CCC#CCOc1ccc(/C=C/C(=O)Nc2ccccc2C(=O)ON)cc1OC. The van der Waals surface area contributed by atoms with Gasteiger partial charge in [-0.15, -0.1) is 5.92 Å². The van der Waals surface area contributed by atoms with Crippen LogP contribution < -0.4 is 20.7 Å². The van der Waals surface area contributed by atoms with Crippen molar-refractivity contribution in [1.29, 1.82) is 0 Å². The van der Waals surface area contributed by atoms with E-state index in [9.17, 15) is 9.59 Å². The molecule has 0 saturated heterocycles. The smallest absolute Gasteiger partial charge is 0.358 e. The molecular weight excluding hydrogens is 372 g/mol. The Hall–Kier alpha value is -3.76. The molecule has 0 unspecified atom stereocenters. The highest BCUT2D eigenvalue weighted by Crippen LogP contribution is 2.28. The number of nitrogens with one attached hydrogen (secondary N) is 1. The van der Waals surface area contributed by atoms with Crippen LogP contribution in [0, 0.1) is 11.8 Å². The molecule has 0 fully saturated rings. The van der Waals surface area contributed by atoms with E-state index in [4.69, 9.17) is 15.4 Å². The van der Waals surface area contributed by atoms with Crippen molar-refractivity contribution in [3.8, 4) is 23.3 Å². The van der Waals surface area contributed by atoms with Gasteiger partial charge in [0.1, 0.15) is 6.61 Å². The molecule has 0 bridgehead atoms. The van der Waals surface area contributed by atoms with Gasteiger partial charge in [-0.3, -0.25) is 4.79 Å². The number of amides is 1. The monoisotopic (exact) mass is 394 g/mol. The molecule has 0 aliphatic carbocycles. The zero-order valence-corrected chi connectivity index (χ0v) is 16.2. The van der Waals surface area contributed by atoms with Gasteiger partial charge in [-0.1, -0.05) is 31.0 Å². The first-order valence-electron chi connectivity index (χ1n) is 8.84. The van der Waals surface area contributed by atoms with Crippen LogP contribution in [0.5, 0.6) is 11.5 Å². The van der Waals surface area contributed by atoms with Crippen LogP contribution in [0.3, 0.4) is 0 Å².